The number of amides is 1. The Morgan fingerprint density at radius 2 is 2.07 bits per heavy atom. The Kier molecular flexibility index (Phi) is 4.14. The number of rotatable bonds is 3. The summed E-state index contributed by atoms with van der Waals surface area (Å²) >= 11 is 6.65. The fraction of sp³-hybridized carbons (Fsp3) is 0.150. The summed E-state index contributed by atoms with van der Waals surface area (Å²) in [5.74, 6) is 1.05. The summed E-state index contributed by atoms with van der Waals surface area (Å²) in [6, 6.07) is 11.1. The van der Waals surface area contributed by atoms with Gasteiger partial charge in [0.2, 0.25) is 6.79 Å². The van der Waals surface area contributed by atoms with Crippen LogP contribution in [0.2, 0.25) is 0 Å². The number of ether oxygens (including phenoxy) is 2. The van der Waals surface area contributed by atoms with Gasteiger partial charge in [0, 0.05) is 6.54 Å². The Labute approximate surface area is 173 Å². The van der Waals surface area contributed by atoms with E-state index in [-0.39, 0.29) is 18.3 Å². The Morgan fingerprint density at radius 1 is 1.24 bits per heavy atom. The molecule has 0 atom stereocenters. The van der Waals surface area contributed by atoms with Crippen LogP contribution in [-0.4, -0.2) is 22.1 Å². The van der Waals surface area contributed by atoms with E-state index in [0.29, 0.717) is 43.4 Å². The number of benzene rings is 2. The number of nitrogens with zero attached hydrogens (tertiary/aromatic N) is 1. The van der Waals surface area contributed by atoms with Crippen LogP contribution in [0.4, 0.5) is 0 Å². The van der Waals surface area contributed by atoms with E-state index < -0.39 is 0 Å². The number of hydrogen-bond acceptors (Lipinski definition) is 6. The molecule has 1 aliphatic rings. The van der Waals surface area contributed by atoms with E-state index in [1.54, 1.807) is 4.40 Å². The molecule has 1 aliphatic heterocycles. The average Bonchev–Trinajstić information content (AvgIpc) is 3.30. The maximum atomic E-state index is 12.8. The highest BCUT2D eigenvalue weighted by molar-refractivity contribution is 7.73. The lowest BCUT2D eigenvalue weighted by atomic mass is 10.1. The molecule has 0 saturated heterocycles. The van der Waals surface area contributed by atoms with Crippen molar-refractivity contribution in [1.29, 1.82) is 0 Å². The molecule has 7 nitrogen and oxygen atoms in total. The van der Waals surface area contributed by atoms with Crippen molar-refractivity contribution in [1.82, 2.24) is 14.7 Å². The highest BCUT2D eigenvalue weighted by Crippen LogP contribution is 2.32. The fourth-order valence-electron chi connectivity index (χ4n) is 3.37. The van der Waals surface area contributed by atoms with Crippen LogP contribution in [0, 0.1) is 10.9 Å². The molecule has 0 radical (unpaired) electrons. The Balaban J connectivity index is 1.51. The topological polar surface area (TPSA) is 84.8 Å². The lowest BCUT2D eigenvalue weighted by molar-refractivity contribution is 0.0956. The van der Waals surface area contributed by atoms with Crippen molar-refractivity contribution in [3.8, 4) is 11.5 Å². The third kappa shape index (κ3) is 2.99. The minimum absolute atomic E-state index is 0.200. The number of carbonyl (C=O) groups excluding carboxylic acids is 1. The molecule has 5 rings (SSSR count). The summed E-state index contributed by atoms with van der Waals surface area (Å²) in [6.45, 7) is 2.43. The molecular formula is C20H15N3O4S2. The first-order chi connectivity index (χ1) is 14.0. The molecule has 4 aromatic rings. The predicted molar refractivity (Wildman–Crippen MR) is 113 cm³/mol. The van der Waals surface area contributed by atoms with Crippen molar-refractivity contribution in [2.75, 3.05) is 6.79 Å². The van der Waals surface area contributed by atoms with Gasteiger partial charge in [-0.05, 0) is 49.0 Å². The van der Waals surface area contributed by atoms with Crippen LogP contribution in [0.25, 0.3) is 16.6 Å². The molecule has 0 fully saturated rings. The van der Waals surface area contributed by atoms with Crippen LogP contribution >= 0.6 is 23.6 Å². The summed E-state index contributed by atoms with van der Waals surface area (Å²) in [5.41, 5.74) is 2.70. The van der Waals surface area contributed by atoms with E-state index in [2.05, 4.69) is 10.3 Å². The zero-order valence-corrected chi connectivity index (χ0v) is 16.9. The number of hydrogen-bond donors (Lipinski definition) is 2. The second-order valence-electron chi connectivity index (χ2n) is 6.73. The van der Waals surface area contributed by atoms with Crippen molar-refractivity contribution in [2.45, 2.75) is 13.5 Å². The molecule has 3 heterocycles. The Morgan fingerprint density at radius 3 is 2.93 bits per heavy atom. The van der Waals surface area contributed by atoms with Gasteiger partial charge in [-0.15, -0.1) is 0 Å². The van der Waals surface area contributed by atoms with Gasteiger partial charge in [-0.1, -0.05) is 29.0 Å². The summed E-state index contributed by atoms with van der Waals surface area (Å²) in [7, 11) is 0. The number of nitrogens with one attached hydrogen (secondary N) is 2. The largest absolute Gasteiger partial charge is 0.454 e. The van der Waals surface area contributed by atoms with Gasteiger partial charge in [0.25, 0.3) is 11.5 Å². The van der Waals surface area contributed by atoms with Gasteiger partial charge < -0.3 is 19.8 Å². The van der Waals surface area contributed by atoms with E-state index in [4.69, 9.17) is 21.7 Å². The first kappa shape index (κ1) is 17.9. The molecule has 2 aromatic carbocycles. The normalized spacial score (nSPS) is 12.6. The number of aromatic amines is 1. The van der Waals surface area contributed by atoms with Crippen LogP contribution in [0.3, 0.4) is 0 Å². The van der Waals surface area contributed by atoms with Crippen molar-refractivity contribution in [3.63, 3.8) is 0 Å². The quantitative estimate of drug-likeness (QED) is 0.491. The number of carbonyl (C=O) groups is 1. The average molecular weight is 425 g/mol. The molecule has 29 heavy (non-hydrogen) atoms. The van der Waals surface area contributed by atoms with Crippen molar-refractivity contribution < 1.29 is 14.3 Å². The highest BCUT2D eigenvalue weighted by atomic mass is 32.1. The highest BCUT2D eigenvalue weighted by Gasteiger charge is 2.19. The lowest BCUT2D eigenvalue weighted by Gasteiger charge is -2.06. The third-order valence-electron chi connectivity index (χ3n) is 4.78. The SMILES string of the molecule is Cc1ccc2c(c1)c(=O)[nH]c1c(C(=O)NCc3ccc4c(c3)OCO4)sc(=S)n12. The number of fused-ring (bicyclic) bond motifs is 4. The van der Waals surface area contributed by atoms with Gasteiger partial charge >= 0.3 is 0 Å². The van der Waals surface area contributed by atoms with E-state index >= 15 is 0 Å². The summed E-state index contributed by atoms with van der Waals surface area (Å²) < 4.78 is 12.9. The van der Waals surface area contributed by atoms with Gasteiger partial charge in [-0.25, -0.2) is 0 Å². The molecule has 0 aliphatic carbocycles. The number of thiazole rings is 1. The van der Waals surface area contributed by atoms with Gasteiger partial charge in [-0.2, -0.15) is 0 Å². The number of H-pyrrole nitrogens is 1. The number of aromatic nitrogens is 2. The molecule has 0 spiro atoms. The second kappa shape index (κ2) is 6.71. The van der Waals surface area contributed by atoms with Crippen LogP contribution in [0.15, 0.2) is 41.2 Å². The zero-order chi connectivity index (χ0) is 20.1. The van der Waals surface area contributed by atoms with Crippen molar-refractivity contribution in [3.05, 3.63) is 66.7 Å². The predicted octanol–water partition coefficient (Wildman–Crippen LogP) is 3.54. The van der Waals surface area contributed by atoms with Gasteiger partial charge in [0.1, 0.15) is 10.5 Å². The monoisotopic (exact) mass is 425 g/mol. The van der Waals surface area contributed by atoms with Gasteiger partial charge in [0.15, 0.2) is 15.5 Å². The van der Waals surface area contributed by atoms with E-state index in [1.807, 2.05) is 43.3 Å². The molecule has 0 bridgehead atoms. The molecule has 146 valence electrons. The Hall–Kier alpha value is -3.17. The van der Waals surface area contributed by atoms with Crippen LogP contribution in [-0.2, 0) is 6.54 Å². The molecule has 0 saturated carbocycles. The minimum atomic E-state index is -0.302. The van der Waals surface area contributed by atoms with Gasteiger partial charge in [0.05, 0.1) is 10.9 Å². The summed E-state index contributed by atoms with van der Waals surface area (Å²) in [5, 5.41) is 3.42. The van der Waals surface area contributed by atoms with Gasteiger partial charge in [-0.3, -0.25) is 14.0 Å². The van der Waals surface area contributed by atoms with E-state index in [0.717, 1.165) is 11.1 Å². The third-order valence-corrected chi connectivity index (χ3v) is 6.15. The van der Waals surface area contributed by atoms with Crippen LogP contribution in [0.5, 0.6) is 11.5 Å². The summed E-state index contributed by atoms with van der Waals surface area (Å²) in [6.07, 6.45) is 0. The standard InChI is InChI=1S/C20H15N3O4S2/c1-10-2-4-13-12(6-10)18(24)22-17-16(29-20(28)23(13)17)19(25)21-8-11-3-5-14-15(7-11)27-9-26-14/h2-7H,8-9H2,1H3,(H,21,25)(H,22,24). The fourth-order valence-corrected chi connectivity index (χ4v) is 4.67. The molecule has 2 aromatic heterocycles. The van der Waals surface area contributed by atoms with Crippen molar-refractivity contribution >= 4 is 46.0 Å². The first-order valence-corrected chi connectivity index (χ1v) is 10.1. The Bertz CT molecular complexity index is 1420. The van der Waals surface area contributed by atoms with E-state index in [9.17, 15) is 9.59 Å². The number of aryl methyl sites for hydroxylation is 1. The molecule has 0 unspecified atom stereocenters. The van der Waals surface area contributed by atoms with Crippen LogP contribution < -0.4 is 20.3 Å². The van der Waals surface area contributed by atoms with Crippen LogP contribution in [0.1, 0.15) is 20.8 Å². The molecule has 2 N–H and O–H groups in total. The molecule has 1 amide bonds. The van der Waals surface area contributed by atoms with E-state index in [1.165, 1.54) is 11.3 Å². The maximum absolute atomic E-state index is 12.8. The molecule has 9 heteroatoms. The summed E-state index contributed by atoms with van der Waals surface area (Å²) in [4.78, 5) is 28.6. The second-order valence-corrected chi connectivity index (χ2v) is 8.37. The molecular weight excluding hydrogens is 410 g/mol. The zero-order valence-electron chi connectivity index (χ0n) is 15.3. The maximum Gasteiger partial charge on any atom is 0.265 e. The lowest BCUT2D eigenvalue weighted by Crippen LogP contribution is -2.23. The van der Waals surface area contributed by atoms with Crippen molar-refractivity contribution in [2.24, 2.45) is 0 Å². The smallest absolute Gasteiger partial charge is 0.265 e. The minimum Gasteiger partial charge on any atom is -0.454 e. The first-order valence-electron chi connectivity index (χ1n) is 8.86.